The number of benzene rings is 1. The Kier molecular flexibility index (Phi) is 7.11. The Hall–Kier alpha value is -1.53. The van der Waals surface area contributed by atoms with Crippen molar-refractivity contribution in [3.8, 4) is 0 Å². The number of rotatable bonds is 8. The second-order valence-corrected chi connectivity index (χ2v) is 5.31. The minimum absolute atomic E-state index is 0.281. The summed E-state index contributed by atoms with van der Waals surface area (Å²) < 4.78 is 4.83. The van der Waals surface area contributed by atoms with Gasteiger partial charge >= 0.3 is 11.9 Å². The number of carboxylic acid groups (broad SMARTS) is 1. The number of hydrogen-bond donors (Lipinski definition) is 2. The van der Waals surface area contributed by atoms with Gasteiger partial charge in [-0.1, -0.05) is 12.1 Å². The fourth-order valence-corrected chi connectivity index (χ4v) is 2.50. The fourth-order valence-electron chi connectivity index (χ4n) is 1.51. The molecule has 1 rings (SSSR count). The molecule has 0 fully saturated rings. The van der Waals surface area contributed by atoms with Gasteiger partial charge in [0.1, 0.15) is 6.04 Å². The molecule has 6 heteroatoms. The minimum atomic E-state index is -0.926. The minimum Gasteiger partial charge on any atom is -0.478 e. The van der Waals surface area contributed by atoms with E-state index in [1.807, 2.05) is 0 Å². The van der Waals surface area contributed by atoms with Crippen LogP contribution < -0.4 is 5.73 Å². The number of ether oxygens (including phenoxy) is 1. The van der Waals surface area contributed by atoms with Crippen LogP contribution in [0.5, 0.6) is 0 Å². The van der Waals surface area contributed by atoms with Crippen LogP contribution in [0.1, 0.15) is 29.3 Å². The first-order valence-corrected chi connectivity index (χ1v) is 7.52. The van der Waals surface area contributed by atoms with E-state index < -0.39 is 12.0 Å². The lowest BCUT2D eigenvalue weighted by Crippen LogP contribution is -2.32. The largest absolute Gasteiger partial charge is 0.478 e. The number of thioether (sulfide) groups is 1. The monoisotopic (exact) mass is 297 g/mol. The van der Waals surface area contributed by atoms with Gasteiger partial charge in [0.05, 0.1) is 12.2 Å². The van der Waals surface area contributed by atoms with Gasteiger partial charge in [-0.25, -0.2) is 4.79 Å². The molecule has 1 atom stereocenters. The van der Waals surface area contributed by atoms with Crippen LogP contribution in [0.4, 0.5) is 0 Å². The van der Waals surface area contributed by atoms with Crippen LogP contribution in [0.2, 0.25) is 0 Å². The lowest BCUT2D eigenvalue weighted by Gasteiger charge is -2.10. The zero-order valence-corrected chi connectivity index (χ0v) is 12.2. The Morgan fingerprint density at radius 2 is 2.00 bits per heavy atom. The number of aromatic carboxylic acids is 1. The van der Waals surface area contributed by atoms with Crippen LogP contribution in [0, 0.1) is 0 Å². The summed E-state index contributed by atoms with van der Waals surface area (Å²) >= 11 is 1.65. The number of esters is 1. The van der Waals surface area contributed by atoms with Crippen molar-refractivity contribution >= 4 is 23.7 Å². The van der Waals surface area contributed by atoms with Crippen molar-refractivity contribution in [1.29, 1.82) is 0 Å². The summed E-state index contributed by atoms with van der Waals surface area (Å²) in [7, 11) is 0. The maximum atomic E-state index is 11.3. The molecule has 0 heterocycles. The molecule has 0 spiro atoms. The zero-order valence-electron chi connectivity index (χ0n) is 11.4. The summed E-state index contributed by atoms with van der Waals surface area (Å²) in [5, 5.41) is 8.78. The summed E-state index contributed by atoms with van der Waals surface area (Å²) in [6.07, 6.45) is 0.566. The molecule has 0 aromatic heterocycles. The van der Waals surface area contributed by atoms with Crippen molar-refractivity contribution in [2.24, 2.45) is 5.73 Å². The zero-order chi connectivity index (χ0) is 15.0. The first-order valence-electron chi connectivity index (χ1n) is 6.36. The van der Waals surface area contributed by atoms with Crippen molar-refractivity contribution in [1.82, 2.24) is 0 Å². The molecule has 0 aliphatic rings. The van der Waals surface area contributed by atoms with Crippen molar-refractivity contribution in [3.63, 3.8) is 0 Å². The molecule has 1 aromatic carbocycles. The molecule has 0 amide bonds. The molecular weight excluding hydrogens is 278 g/mol. The third-order valence-corrected chi connectivity index (χ3v) is 3.69. The first kappa shape index (κ1) is 16.5. The summed E-state index contributed by atoms with van der Waals surface area (Å²) in [5.41, 5.74) is 7.01. The van der Waals surface area contributed by atoms with E-state index in [-0.39, 0.29) is 11.5 Å². The number of hydrogen-bond acceptors (Lipinski definition) is 5. The van der Waals surface area contributed by atoms with Gasteiger partial charge in [-0.05, 0) is 36.8 Å². The predicted molar refractivity (Wildman–Crippen MR) is 78.8 cm³/mol. The molecule has 20 heavy (non-hydrogen) atoms. The molecule has 0 aliphatic heterocycles. The van der Waals surface area contributed by atoms with Gasteiger partial charge < -0.3 is 15.6 Å². The van der Waals surface area contributed by atoms with Gasteiger partial charge in [0.2, 0.25) is 0 Å². The summed E-state index contributed by atoms with van der Waals surface area (Å²) in [4.78, 5) is 22.0. The van der Waals surface area contributed by atoms with Crippen LogP contribution >= 0.6 is 11.8 Å². The van der Waals surface area contributed by atoms with E-state index in [0.717, 1.165) is 17.1 Å². The Labute approximate surface area is 122 Å². The van der Waals surface area contributed by atoms with Gasteiger partial charge in [0.25, 0.3) is 0 Å². The highest BCUT2D eigenvalue weighted by Gasteiger charge is 2.13. The van der Waals surface area contributed by atoms with Gasteiger partial charge in [-0.2, -0.15) is 11.8 Å². The van der Waals surface area contributed by atoms with Gasteiger partial charge in [0.15, 0.2) is 0 Å². The number of nitrogens with two attached hydrogens (primary N) is 1. The number of carbonyl (C=O) groups excluding carboxylic acids is 1. The molecule has 0 aliphatic carbocycles. The molecule has 1 aromatic rings. The highest BCUT2D eigenvalue weighted by molar-refractivity contribution is 7.98. The van der Waals surface area contributed by atoms with Crippen LogP contribution in [0.15, 0.2) is 24.3 Å². The van der Waals surface area contributed by atoms with Crippen molar-refractivity contribution in [2.75, 3.05) is 12.4 Å². The van der Waals surface area contributed by atoms with Gasteiger partial charge in [0, 0.05) is 5.75 Å². The van der Waals surface area contributed by atoms with E-state index in [0.29, 0.717) is 13.0 Å². The molecule has 0 bridgehead atoms. The lowest BCUT2D eigenvalue weighted by atomic mass is 10.1. The van der Waals surface area contributed by atoms with E-state index in [1.165, 1.54) is 0 Å². The average molecular weight is 297 g/mol. The lowest BCUT2D eigenvalue weighted by molar-refractivity contribution is -0.144. The van der Waals surface area contributed by atoms with E-state index in [9.17, 15) is 9.59 Å². The molecule has 0 saturated heterocycles. The molecule has 3 N–H and O–H groups in total. The normalized spacial score (nSPS) is 11.9. The summed E-state index contributed by atoms with van der Waals surface area (Å²) in [6, 6.07) is 6.19. The average Bonchev–Trinajstić information content (AvgIpc) is 2.44. The van der Waals surface area contributed by atoms with Crippen molar-refractivity contribution < 1.29 is 19.4 Å². The van der Waals surface area contributed by atoms with Gasteiger partial charge in [-0.3, -0.25) is 4.79 Å². The fraction of sp³-hybridized carbons (Fsp3) is 0.429. The third-order valence-electron chi connectivity index (χ3n) is 2.63. The summed E-state index contributed by atoms with van der Waals surface area (Å²) in [5.74, 6) is 0.222. The molecular formula is C14H19NO4S. The SMILES string of the molecule is CCOC(=O)C(N)CCSCc1ccc(C(=O)O)cc1. The second kappa shape index (κ2) is 8.60. The topological polar surface area (TPSA) is 89.6 Å². The molecule has 1 unspecified atom stereocenters. The quantitative estimate of drug-likeness (QED) is 0.562. The first-order chi connectivity index (χ1) is 9.54. The maximum Gasteiger partial charge on any atom is 0.335 e. The van der Waals surface area contributed by atoms with Crippen molar-refractivity contribution in [2.45, 2.75) is 25.1 Å². The van der Waals surface area contributed by atoms with Crippen LogP contribution in [0.25, 0.3) is 0 Å². The summed E-state index contributed by atoms with van der Waals surface area (Å²) in [6.45, 7) is 2.09. The second-order valence-electron chi connectivity index (χ2n) is 4.20. The molecule has 0 saturated carbocycles. The molecule has 110 valence electrons. The van der Waals surface area contributed by atoms with Crippen LogP contribution in [-0.2, 0) is 15.3 Å². The Bertz CT molecular complexity index is 447. The highest BCUT2D eigenvalue weighted by Crippen LogP contribution is 2.14. The van der Waals surface area contributed by atoms with E-state index in [1.54, 1.807) is 43.0 Å². The molecule has 5 nitrogen and oxygen atoms in total. The third kappa shape index (κ3) is 5.63. The number of carbonyl (C=O) groups is 2. The highest BCUT2D eigenvalue weighted by atomic mass is 32.2. The Morgan fingerprint density at radius 1 is 1.35 bits per heavy atom. The van der Waals surface area contributed by atoms with E-state index in [2.05, 4.69) is 0 Å². The maximum absolute atomic E-state index is 11.3. The van der Waals surface area contributed by atoms with E-state index in [4.69, 9.17) is 15.6 Å². The van der Waals surface area contributed by atoms with Crippen molar-refractivity contribution in [3.05, 3.63) is 35.4 Å². The van der Waals surface area contributed by atoms with E-state index >= 15 is 0 Å². The number of carboxylic acids is 1. The van der Waals surface area contributed by atoms with Gasteiger partial charge in [-0.15, -0.1) is 0 Å². The smallest absolute Gasteiger partial charge is 0.335 e. The Morgan fingerprint density at radius 3 is 2.55 bits per heavy atom. The Balaban J connectivity index is 2.27. The predicted octanol–water partition coefficient (Wildman–Crippen LogP) is 1.90. The van der Waals surface area contributed by atoms with Crippen LogP contribution in [-0.4, -0.2) is 35.4 Å². The standard InChI is InChI=1S/C14H19NO4S/c1-2-19-14(18)12(15)7-8-20-9-10-3-5-11(6-4-10)13(16)17/h3-6,12H,2,7-9,15H2,1H3,(H,16,17). The van der Waals surface area contributed by atoms with Crippen LogP contribution in [0.3, 0.4) is 0 Å². The molecule has 0 radical (unpaired) electrons.